The monoisotopic (exact) mass is 281 g/mol. The van der Waals surface area contributed by atoms with Crippen LogP contribution in [-0.4, -0.2) is 19.2 Å². The van der Waals surface area contributed by atoms with E-state index in [1.54, 1.807) is 13.2 Å². The van der Waals surface area contributed by atoms with Crippen LogP contribution in [0.3, 0.4) is 0 Å². The Balaban J connectivity index is 3.05. The molecule has 0 aliphatic heterocycles. The van der Waals surface area contributed by atoms with Crippen LogP contribution in [-0.2, 0) is 6.42 Å². The van der Waals surface area contributed by atoms with Crippen LogP contribution < -0.4 is 14.9 Å². The molecule has 1 heterocycles. The number of rotatable bonds is 3. The second-order valence-corrected chi connectivity index (χ2v) is 4.66. The third-order valence-corrected chi connectivity index (χ3v) is 3.52. The maximum Gasteiger partial charge on any atom is 0.196 e. The Morgan fingerprint density at radius 1 is 1.32 bits per heavy atom. The average Bonchev–Trinajstić information content (AvgIpc) is 2.39. The number of ether oxygens (including phenoxy) is 2. The third-order valence-electron chi connectivity index (χ3n) is 3.24. The molecule has 0 amide bonds. The van der Waals surface area contributed by atoms with Crippen LogP contribution in [0, 0.1) is 6.92 Å². The van der Waals surface area contributed by atoms with Gasteiger partial charge in [0, 0.05) is 17.3 Å². The molecule has 0 saturated carbocycles. The fourth-order valence-corrected chi connectivity index (χ4v) is 2.59. The number of aromatic nitrogens is 1. The van der Waals surface area contributed by atoms with E-state index in [4.69, 9.17) is 21.1 Å². The zero-order chi connectivity index (χ0) is 14.2. The summed E-state index contributed by atoms with van der Waals surface area (Å²) < 4.78 is 10.6. The minimum atomic E-state index is -0.0635. The van der Waals surface area contributed by atoms with Gasteiger partial charge in [0.25, 0.3) is 0 Å². The number of methoxy groups -OCH3 is 2. The summed E-state index contributed by atoms with van der Waals surface area (Å²) in [6.45, 7) is 3.82. The van der Waals surface area contributed by atoms with Gasteiger partial charge in [-0.2, -0.15) is 0 Å². The molecule has 0 spiro atoms. The summed E-state index contributed by atoms with van der Waals surface area (Å²) >= 11 is 6.14. The van der Waals surface area contributed by atoms with Crippen molar-refractivity contribution in [2.45, 2.75) is 20.3 Å². The largest absolute Gasteiger partial charge is 0.494 e. The number of fused-ring (bicyclic) bond motifs is 1. The van der Waals surface area contributed by atoms with E-state index in [0.717, 1.165) is 11.3 Å². The molecule has 0 radical (unpaired) electrons. The van der Waals surface area contributed by atoms with Gasteiger partial charge in [0.1, 0.15) is 5.75 Å². The van der Waals surface area contributed by atoms with E-state index >= 15 is 0 Å². The number of benzene rings is 1. The lowest BCUT2D eigenvalue weighted by molar-refractivity contribution is 0.409. The molecule has 0 aliphatic rings. The van der Waals surface area contributed by atoms with Gasteiger partial charge in [0.05, 0.1) is 30.1 Å². The minimum absolute atomic E-state index is 0.0635. The number of H-pyrrole nitrogens is 1. The summed E-state index contributed by atoms with van der Waals surface area (Å²) in [6, 6.07) is 1.64. The molecular formula is C14H16ClNO3. The Morgan fingerprint density at radius 3 is 2.53 bits per heavy atom. The molecule has 1 aromatic carbocycles. The molecule has 0 saturated heterocycles. The highest BCUT2D eigenvalue weighted by Crippen LogP contribution is 2.37. The lowest BCUT2D eigenvalue weighted by atomic mass is 10.1. The van der Waals surface area contributed by atoms with E-state index in [1.165, 1.54) is 7.11 Å². The van der Waals surface area contributed by atoms with Gasteiger partial charge < -0.3 is 14.5 Å². The van der Waals surface area contributed by atoms with Crippen LogP contribution in [0.5, 0.6) is 11.5 Å². The van der Waals surface area contributed by atoms with Crippen LogP contribution in [0.4, 0.5) is 0 Å². The van der Waals surface area contributed by atoms with Gasteiger partial charge in [-0.3, -0.25) is 4.79 Å². The topological polar surface area (TPSA) is 51.3 Å². The Kier molecular flexibility index (Phi) is 3.71. The summed E-state index contributed by atoms with van der Waals surface area (Å²) in [5.41, 5.74) is 2.12. The minimum Gasteiger partial charge on any atom is -0.494 e. The predicted octanol–water partition coefficient (Wildman–Crippen LogP) is 3.07. The van der Waals surface area contributed by atoms with Crippen LogP contribution >= 0.6 is 11.6 Å². The molecule has 0 unspecified atom stereocenters. The molecule has 1 aromatic heterocycles. The number of nitrogens with one attached hydrogen (secondary N) is 1. The highest BCUT2D eigenvalue weighted by atomic mass is 35.5. The van der Waals surface area contributed by atoms with Gasteiger partial charge in [-0.25, -0.2) is 0 Å². The van der Waals surface area contributed by atoms with Gasteiger partial charge in [-0.1, -0.05) is 18.5 Å². The molecule has 5 heteroatoms. The molecule has 0 aliphatic carbocycles. The predicted molar refractivity (Wildman–Crippen MR) is 76.8 cm³/mol. The zero-order valence-electron chi connectivity index (χ0n) is 11.4. The smallest absolute Gasteiger partial charge is 0.196 e. The third kappa shape index (κ3) is 2.06. The first kappa shape index (κ1) is 13.7. The van der Waals surface area contributed by atoms with Gasteiger partial charge in [-0.15, -0.1) is 0 Å². The van der Waals surface area contributed by atoms with Gasteiger partial charge >= 0.3 is 0 Å². The summed E-state index contributed by atoms with van der Waals surface area (Å²) in [4.78, 5) is 15.8. The van der Waals surface area contributed by atoms with Gasteiger partial charge in [0.2, 0.25) is 0 Å². The van der Waals surface area contributed by atoms with Gasteiger partial charge in [-0.05, 0) is 13.3 Å². The average molecular weight is 282 g/mol. The number of hydrogen-bond acceptors (Lipinski definition) is 3. The second kappa shape index (κ2) is 5.13. The number of halogens is 1. The second-order valence-electron chi connectivity index (χ2n) is 4.26. The molecular weight excluding hydrogens is 266 g/mol. The summed E-state index contributed by atoms with van der Waals surface area (Å²) in [7, 11) is 3.04. The molecule has 102 valence electrons. The highest BCUT2D eigenvalue weighted by molar-refractivity contribution is 6.33. The van der Waals surface area contributed by atoms with E-state index in [2.05, 4.69) is 4.98 Å². The Hall–Kier alpha value is -1.68. The van der Waals surface area contributed by atoms with Crippen molar-refractivity contribution in [3.63, 3.8) is 0 Å². The molecule has 2 aromatic rings. The SMILES string of the molecule is CCc1c(C)[nH]c2c(OC)cc(Cl)c(OC)c2c1=O. The van der Waals surface area contributed by atoms with E-state index in [0.29, 0.717) is 33.8 Å². The fourth-order valence-electron chi connectivity index (χ4n) is 2.32. The number of aromatic amines is 1. The van der Waals surface area contributed by atoms with Crippen molar-refractivity contribution in [2.24, 2.45) is 0 Å². The maximum absolute atomic E-state index is 12.6. The molecule has 19 heavy (non-hydrogen) atoms. The summed E-state index contributed by atoms with van der Waals surface area (Å²) in [5, 5.41) is 0.803. The van der Waals surface area contributed by atoms with Crippen molar-refractivity contribution in [1.29, 1.82) is 0 Å². The van der Waals surface area contributed by atoms with Gasteiger partial charge in [0.15, 0.2) is 11.2 Å². The standard InChI is InChI=1S/C14H16ClNO3/c1-5-8-7(2)16-12-10(18-3)6-9(15)14(19-4)11(12)13(8)17/h6H,5H2,1-4H3,(H,16,17). The molecule has 4 nitrogen and oxygen atoms in total. The van der Waals surface area contributed by atoms with Crippen LogP contribution in [0.1, 0.15) is 18.2 Å². The molecule has 1 N–H and O–H groups in total. The van der Waals surface area contributed by atoms with E-state index in [-0.39, 0.29) is 5.43 Å². The van der Waals surface area contributed by atoms with Crippen molar-refractivity contribution in [1.82, 2.24) is 4.98 Å². The van der Waals surface area contributed by atoms with E-state index < -0.39 is 0 Å². The quantitative estimate of drug-likeness (QED) is 0.941. The fraction of sp³-hybridized carbons (Fsp3) is 0.357. The van der Waals surface area contributed by atoms with E-state index in [1.807, 2.05) is 13.8 Å². The van der Waals surface area contributed by atoms with Crippen molar-refractivity contribution >= 4 is 22.5 Å². The molecule has 0 fully saturated rings. The van der Waals surface area contributed by atoms with Crippen LogP contribution in [0.2, 0.25) is 5.02 Å². The zero-order valence-corrected chi connectivity index (χ0v) is 12.1. The van der Waals surface area contributed by atoms with Crippen LogP contribution in [0.25, 0.3) is 10.9 Å². The Morgan fingerprint density at radius 2 is 2.00 bits per heavy atom. The van der Waals surface area contributed by atoms with Crippen molar-refractivity contribution in [2.75, 3.05) is 14.2 Å². The Labute approximate surface area is 116 Å². The number of aryl methyl sites for hydroxylation is 1. The number of pyridine rings is 1. The normalized spacial score (nSPS) is 10.8. The first-order valence-corrected chi connectivity index (χ1v) is 6.38. The summed E-state index contributed by atoms with van der Waals surface area (Å²) in [6.07, 6.45) is 0.648. The van der Waals surface area contributed by atoms with E-state index in [9.17, 15) is 4.79 Å². The van der Waals surface area contributed by atoms with Crippen LogP contribution in [0.15, 0.2) is 10.9 Å². The Bertz CT molecular complexity index is 691. The molecule has 0 bridgehead atoms. The first-order chi connectivity index (χ1) is 9.04. The van der Waals surface area contributed by atoms with Crippen molar-refractivity contribution in [3.8, 4) is 11.5 Å². The lowest BCUT2D eigenvalue weighted by Gasteiger charge is -2.13. The maximum atomic E-state index is 12.6. The first-order valence-electron chi connectivity index (χ1n) is 6.01. The number of hydrogen-bond donors (Lipinski definition) is 1. The lowest BCUT2D eigenvalue weighted by Crippen LogP contribution is -2.14. The highest BCUT2D eigenvalue weighted by Gasteiger charge is 2.18. The van der Waals surface area contributed by atoms with Crippen molar-refractivity contribution in [3.05, 3.63) is 32.6 Å². The molecule has 2 rings (SSSR count). The molecule has 0 atom stereocenters. The summed E-state index contributed by atoms with van der Waals surface area (Å²) in [5.74, 6) is 0.914. The van der Waals surface area contributed by atoms with Crippen molar-refractivity contribution < 1.29 is 9.47 Å².